The van der Waals surface area contributed by atoms with E-state index in [1.165, 1.54) is 25.6 Å². The van der Waals surface area contributed by atoms with Crippen molar-refractivity contribution in [3.8, 4) is 5.75 Å². The highest BCUT2D eigenvalue weighted by molar-refractivity contribution is 7.16. The first-order valence-corrected chi connectivity index (χ1v) is 13.9. The van der Waals surface area contributed by atoms with E-state index in [2.05, 4.69) is 31.2 Å². The van der Waals surface area contributed by atoms with Crippen molar-refractivity contribution >= 4 is 45.5 Å². The maximum absolute atomic E-state index is 13.7. The lowest BCUT2D eigenvalue weighted by molar-refractivity contribution is -0.137. The summed E-state index contributed by atoms with van der Waals surface area (Å²) in [5.74, 6) is -0.470. The largest absolute Gasteiger partial charge is 0.494 e. The number of benzene rings is 2. The number of carbonyl (C=O) groups is 2. The number of hydrazine groups is 2. The number of nitrogens with one attached hydrogen (secondary N) is 4. The van der Waals surface area contributed by atoms with Gasteiger partial charge in [-0.1, -0.05) is 31.3 Å². The molecule has 1 aromatic heterocycles. The van der Waals surface area contributed by atoms with Crippen molar-refractivity contribution in [1.82, 2.24) is 20.8 Å². The second-order valence-electron chi connectivity index (χ2n) is 9.89. The summed E-state index contributed by atoms with van der Waals surface area (Å²) in [5, 5.41) is 12.0. The van der Waals surface area contributed by atoms with Gasteiger partial charge in [0.2, 0.25) is 0 Å². The molecule has 4 N–H and O–H groups in total. The van der Waals surface area contributed by atoms with Gasteiger partial charge in [-0.05, 0) is 36.8 Å². The van der Waals surface area contributed by atoms with Crippen molar-refractivity contribution in [1.29, 1.82) is 0 Å². The Kier molecular flexibility index (Phi) is 9.47. The third-order valence-corrected chi connectivity index (χ3v) is 7.34. The lowest BCUT2D eigenvalue weighted by Crippen LogP contribution is -2.38. The summed E-state index contributed by atoms with van der Waals surface area (Å²) in [4.78, 5) is 29.8. The summed E-state index contributed by atoms with van der Waals surface area (Å²) in [7, 11) is 4.39. The van der Waals surface area contributed by atoms with E-state index in [9.17, 15) is 22.8 Å². The molecule has 0 saturated heterocycles. The Morgan fingerprint density at radius 1 is 1.14 bits per heavy atom. The molecule has 230 valence electrons. The number of rotatable bonds is 9. The summed E-state index contributed by atoms with van der Waals surface area (Å²) in [6.45, 7) is 5.73. The summed E-state index contributed by atoms with van der Waals surface area (Å²) < 4.78 is 51.3. The molecule has 0 fully saturated rings. The molecule has 2 aromatic carbocycles. The summed E-state index contributed by atoms with van der Waals surface area (Å²) >= 11 is 1.24. The minimum absolute atomic E-state index is 0.0192. The number of alkyl halides is 3. The molecule has 2 amide bonds. The van der Waals surface area contributed by atoms with E-state index in [1.807, 2.05) is 20.8 Å². The number of anilines is 3. The van der Waals surface area contributed by atoms with Gasteiger partial charge in [-0.2, -0.15) is 13.2 Å². The first-order chi connectivity index (χ1) is 20.3. The number of nitrogens with zero attached hydrogens (tertiary/aromatic N) is 3. The average molecular weight is 620 g/mol. The predicted octanol–water partition coefficient (Wildman–Crippen LogP) is 5.58. The third kappa shape index (κ3) is 7.36. The van der Waals surface area contributed by atoms with Gasteiger partial charge in [0.15, 0.2) is 5.13 Å². The van der Waals surface area contributed by atoms with Crippen LogP contribution in [0.5, 0.6) is 5.75 Å². The van der Waals surface area contributed by atoms with E-state index in [4.69, 9.17) is 4.74 Å². The van der Waals surface area contributed by atoms with Crippen LogP contribution in [0.4, 0.5) is 34.5 Å². The zero-order chi connectivity index (χ0) is 31.5. The Bertz CT molecular complexity index is 1540. The van der Waals surface area contributed by atoms with Crippen LogP contribution >= 0.6 is 11.3 Å². The van der Waals surface area contributed by atoms with Crippen LogP contribution < -0.4 is 31.2 Å². The maximum Gasteiger partial charge on any atom is 0.416 e. The molecule has 0 saturated carbocycles. The number of thiazole rings is 1. The van der Waals surface area contributed by atoms with Crippen LogP contribution in [-0.2, 0) is 17.5 Å². The van der Waals surface area contributed by atoms with Crippen LogP contribution in [0.15, 0.2) is 42.7 Å². The number of halogens is 3. The molecule has 0 unspecified atom stereocenters. The minimum Gasteiger partial charge on any atom is -0.494 e. The van der Waals surface area contributed by atoms with Gasteiger partial charge >= 0.3 is 12.3 Å². The molecule has 11 nitrogen and oxygen atoms in total. The number of aromatic nitrogens is 1. The average Bonchev–Trinajstić information content (AvgIpc) is 3.57. The molecule has 3 aromatic rings. The monoisotopic (exact) mass is 619 g/mol. The van der Waals surface area contributed by atoms with Crippen LogP contribution in [0, 0.1) is 6.92 Å². The quantitative estimate of drug-likeness (QED) is 0.243. The Hall–Kier alpha value is -4.34. The van der Waals surface area contributed by atoms with Gasteiger partial charge in [0.25, 0.3) is 5.91 Å². The topological polar surface area (TPSA) is 120 Å². The highest BCUT2D eigenvalue weighted by atomic mass is 32.1. The first-order valence-electron chi connectivity index (χ1n) is 13.1. The summed E-state index contributed by atoms with van der Waals surface area (Å²) in [5.41, 5.74) is 4.85. The second-order valence-corrected chi connectivity index (χ2v) is 10.9. The zero-order valence-electron chi connectivity index (χ0n) is 24.3. The number of hydrogen-bond acceptors (Lipinski definition) is 10. The lowest BCUT2D eigenvalue weighted by atomic mass is 10.1. The molecule has 2 heterocycles. The normalized spacial score (nSPS) is 13.3. The van der Waals surface area contributed by atoms with Crippen molar-refractivity contribution in [3.63, 3.8) is 0 Å². The molecule has 0 atom stereocenters. The number of methoxy groups -OCH3 is 2. The van der Waals surface area contributed by atoms with E-state index in [-0.39, 0.29) is 35.2 Å². The second kappa shape index (κ2) is 12.9. The minimum atomic E-state index is -4.62. The van der Waals surface area contributed by atoms with Gasteiger partial charge in [0.1, 0.15) is 5.75 Å². The maximum atomic E-state index is 13.7. The number of hydrogen-bond donors (Lipinski definition) is 4. The summed E-state index contributed by atoms with van der Waals surface area (Å²) in [6.07, 6.45) is -1.86. The highest BCUT2D eigenvalue weighted by Gasteiger charge is 2.33. The van der Waals surface area contributed by atoms with Gasteiger partial charge in [0, 0.05) is 43.2 Å². The Labute approximate surface area is 250 Å². The predicted molar refractivity (Wildman–Crippen MR) is 159 cm³/mol. The van der Waals surface area contributed by atoms with Crippen molar-refractivity contribution < 1.29 is 32.2 Å². The zero-order valence-corrected chi connectivity index (χ0v) is 25.2. The molecular formula is C28H32F3N7O4S. The first kappa shape index (κ1) is 31.6. The number of amides is 2. The fourth-order valence-corrected chi connectivity index (χ4v) is 5.08. The van der Waals surface area contributed by atoms with Crippen LogP contribution in [0.1, 0.15) is 45.8 Å². The van der Waals surface area contributed by atoms with Crippen LogP contribution in [0.2, 0.25) is 0 Å². The Morgan fingerprint density at radius 2 is 1.88 bits per heavy atom. The number of ether oxygens (including phenoxy) is 2. The van der Waals surface area contributed by atoms with Gasteiger partial charge in [-0.3, -0.25) is 20.1 Å². The van der Waals surface area contributed by atoms with Crippen molar-refractivity contribution in [3.05, 3.63) is 69.9 Å². The van der Waals surface area contributed by atoms with Crippen LogP contribution in [0.25, 0.3) is 5.70 Å². The number of aryl methyl sites for hydroxylation is 1. The molecule has 0 radical (unpaired) electrons. The molecular weight excluding hydrogens is 587 g/mol. The molecule has 15 heteroatoms. The fourth-order valence-electron chi connectivity index (χ4n) is 4.23. The third-order valence-electron chi connectivity index (χ3n) is 6.40. The Morgan fingerprint density at radius 3 is 2.53 bits per heavy atom. The van der Waals surface area contributed by atoms with Crippen LogP contribution in [0.3, 0.4) is 0 Å². The van der Waals surface area contributed by atoms with Gasteiger partial charge < -0.3 is 20.1 Å². The number of carbonyl (C=O) groups excluding carboxylic acids is 2. The van der Waals surface area contributed by atoms with E-state index in [0.29, 0.717) is 10.8 Å². The van der Waals surface area contributed by atoms with Crippen LogP contribution in [-0.4, -0.2) is 49.3 Å². The molecule has 0 spiro atoms. The Balaban J connectivity index is 1.62. The van der Waals surface area contributed by atoms with Gasteiger partial charge in [-0.25, -0.2) is 9.78 Å². The van der Waals surface area contributed by atoms with E-state index < -0.39 is 23.7 Å². The smallest absolute Gasteiger partial charge is 0.416 e. The standard InChI is InChI=1S/C28H32F3N7O4S/c1-15(2)32-12-18-9-19(28(29,30)31)11-20(24(18)41-5)34-25(39)17-8-7-16(3)21(10-17)38-14-22(37(4)36-38)23-13-33-26(43-23)35-27(40)42-6/h7-11,13-15,32,36H,12H2,1-6H3,(H,34,39)(H,33,35,40). The molecule has 4 rings (SSSR count). The SMILES string of the molecule is COC(=O)Nc1ncc(C2=CN(c3cc(C(=O)Nc4cc(C(F)(F)F)cc(CNC(C)C)c4OC)ccc3C)NN2C)s1. The van der Waals surface area contributed by atoms with Crippen molar-refractivity contribution in [2.75, 3.05) is 36.9 Å². The lowest BCUT2D eigenvalue weighted by Gasteiger charge is -2.22. The van der Waals surface area contributed by atoms with E-state index in [1.54, 1.807) is 47.7 Å². The molecule has 1 aliphatic rings. The van der Waals surface area contributed by atoms with Gasteiger partial charge in [-0.15, -0.1) is 5.53 Å². The molecule has 0 aliphatic carbocycles. The van der Waals surface area contributed by atoms with Crippen molar-refractivity contribution in [2.45, 2.75) is 39.5 Å². The van der Waals surface area contributed by atoms with E-state index in [0.717, 1.165) is 28.3 Å². The van der Waals surface area contributed by atoms with E-state index >= 15 is 0 Å². The highest BCUT2D eigenvalue weighted by Crippen LogP contribution is 2.38. The van der Waals surface area contributed by atoms with Crippen molar-refractivity contribution in [2.24, 2.45) is 0 Å². The summed E-state index contributed by atoms with van der Waals surface area (Å²) in [6, 6.07) is 6.87. The fraction of sp³-hybridized carbons (Fsp3) is 0.321. The molecule has 1 aliphatic heterocycles. The van der Waals surface area contributed by atoms with Gasteiger partial charge in [0.05, 0.1) is 41.7 Å². The molecule has 43 heavy (non-hydrogen) atoms. The molecule has 0 bridgehead atoms.